The zero-order valence-corrected chi connectivity index (χ0v) is 6.99. The summed E-state index contributed by atoms with van der Waals surface area (Å²) in [5, 5.41) is 11.0. The van der Waals surface area contributed by atoms with Gasteiger partial charge in [0.15, 0.2) is 4.84 Å². The first kappa shape index (κ1) is 10.0. The average Bonchev–Trinajstić information content (AvgIpc) is 1.82. The lowest BCUT2D eigenvalue weighted by molar-refractivity contribution is -0.119. The summed E-state index contributed by atoms with van der Waals surface area (Å²) >= 11 is 10.4. The molecule has 0 saturated heterocycles. The van der Waals surface area contributed by atoms with Gasteiger partial charge in [-0.1, -0.05) is 23.2 Å². The lowest BCUT2D eigenvalue weighted by atomic mass is 10.4. The van der Waals surface area contributed by atoms with Crippen LogP contribution in [0.15, 0.2) is 0 Å². The van der Waals surface area contributed by atoms with Crippen LogP contribution in [-0.2, 0) is 4.79 Å². The van der Waals surface area contributed by atoms with Crippen LogP contribution in [0.5, 0.6) is 0 Å². The third kappa shape index (κ3) is 4.85. The van der Waals surface area contributed by atoms with Crippen molar-refractivity contribution in [2.24, 2.45) is 0 Å². The van der Waals surface area contributed by atoms with Gasteiger partial charge in [-0.2, -0.15) is 0 Å². The molecule has 2 N–H and O–H groups in total. The van der Waals surface area contributed by atoms with Crippen LogP contribution in [-0.4, -0.2) is 28.5 Å². The molecule has 0 heterocycles. The van der Waals surface area contributed by atoms with Crippen LogP contribution in [0.1, 0.15) is 6.92 Å². The number of carbonyl (C=O) groups is 1. The van der Waals surface area contributed by atoms with Gasteiger partial charge in [0.25, 0.3) is 5.91 Å². The molecule has 0 aromatic heterocycles. The minimum absolute atomic E-state index is 0.175. The molecule has 0 radical (unpaired) electrons. The van der Waals surface area contributed by atoms with E-state index in [4.69, 9.17) is 28.3 Å². The third-order valence-corrected chi connectivity index (χ3v) is 1.17. The second-order valence-corrected chi connectivity index (χ2v) is 2.99. The topological polar surface area (TPSA) is 49.3 Å². The fraction of sp³-hybridized carbons (Fsp3) is 0.800. The highest BCUT2D eigenvalue weighted by molar-refractivity contribution is 6.53. The Hall–Kier alpha value is 0.01000. The SMILES string of the molecule is CC(O)CNC(=O)C(Cl)Cl. The summed E-state index contributed by atoms with van der Waals surface area (Å²) in [5.41, 5.74) is 0. The van der Waals surface area contributed by atoms with E-state index in [0.29, 0.717) is 0 Å². The Morgan fingerprint density at radius 1 is 1.70 bits per heavy atom. The van der Waals surface area contributed by atoms with E-state index in [0.717, 1.165) is 0 Å². The monoisotopic (exact) mass is 185 g/mol. The van der Waals surface area contributed by atoms with Crippen molar-refractivity contribution in [3.05, 3.63) is 0 Å². The molecule has 1 unspecified atom stereocenters. The molecule has 0 fully saturated rings. The summed E-state index contributed by atoms with van der Waals surface area (Å²) in [5.74, 6) is -0.482. The first-order valence-electron chi connectivity index (χ1n) is 2.78. The molecule has 1 amide bonds. The number of nitrogens with one attached hydrogen (secondary N) is 1. The molecular weight excluding hydrogens is 177 g/mol. The van der Waals surface area contributed by atoms with Gasteiger partial charge in [-0.15, -0.1) is 0 Å². The minimum Gasteiger partial charge on any atom is -0.392 e. The molecule has 0 spiro atoms. The van der Waals surface area contributed by atoms with Crippen LogP contribution in [0.4, 0.5) is 0 Å². The van der Waals surface area contributed by atoms with Crippen molar-refractivity contribution in [1.82, 2.24) is 5.32 Å². The van der Waals surface area contributed by atoms with Crippen molar-refractivity contribution >= 4 is 29.1 Å². The van der Waals surface area contributed by atoms with E-state index in [2.05, 4.69) is 5.32 Å². The molecule has 0 bridgehead atoms. The van der Waals surface area contributed by atoms with Gasteiger partial charge >= 0.3 is 0 Å². The maximum atomic E-state index is 10.6. The third-order valence-electron chi connectivity index (χ3n) is 0.770. The first-order chi connectivity index (χ1) is 4.54. The Bertz CT molecular complexity index is 116. The van der Waals surface area contributed by atoms with Crippen LogP contribution in [0, 0.1) is 0 Å². The molecule has 60 valence electrons. The number of rotatable bonds is 3. The van der Waals surface area contributed by atoms with E-state index in [1.807, 2.05) is 0 Å². The Morgan fingerprint density at radius 2 is 2.20 bits per heavy atom. The lowest BCUT2D eigenvalue weighted by Crippen LogP contribution is -2.33. The fourth-order valence-corrected chi connectivity index (χ4v) is 0.480. The van der Waals surface area contributed by atoms with E-state index in [-0.39, 0.29) is 6.54 Å². The number of aliphatic hydroxyl groups is 1. The maximum absolute atomic E-state index is 10.6. The van der Waals surface area contributed by atoms with E-state index in [9.17, 15) is 4.79 Å². The molecule has 0 saturated carbocycles. The zero-order chi connectivity index (χ0) is 8.15. The number of halogens is 2. The molecule has 0 rings (SSSR count). The van der Waals surface area contributed by atoms with E-state index < -0.39 is 16.8 Å². The number of amides is 1. The molecule has 3 nitrogen and oxygen atoms in total. The predicted octanol–water partition coefficient (Wildman–Crippen LogP) is 0.287. The molecule has 5 heteroatoms. The van der Waals surface area contributed by atoms with Gasteiger partial charge in [0.05, 0.1) is 6.10 Å². The van der Waals surface area contributed by atoms with Gasteiger partial charge in [0.1, 0.15) is 0 Å². The number of aliphatic hydroxyl groups excluding tert-OH is 1. The van der Waals surface area contributed by atoms with Crippen LogP contribution in [0.3, 0.4) is 0 Å². The summed E-state index contributed by atoms with van der Waals surface area (Å²) in [6, 6.07) is 0. The van der Waals surface area contributed by atoms with Gasteiger partial charge in [-0.05, 0) is 6.92 Å². The molecule has 0 aliphatic heterocycles. The standard InChI is InChI=1S/C5H9Cl2NO2/c1-3(9)2-8-5(10)4(6)7/h3-4,9H,2H2,1H3,(H,8,10). The lowest BCUT2D eigenvalue weighted by Gasteiger charge is -2.06. The molecular formula is C5H9Cl2NO2. The van der Waals surface area contributed by atoms with Crippen molar-refractivity contribution < 1.29 is 9.90 Å². The molecule has 10 heavy (non-hydrogen) atoms. The predicted molar refractivity (Wildman–Crippen MR) is 40.2 cm³/mol. The van der Waals surface area contributed by atoms with Gasteiger partial charge in [0, 0.05) is 6.54 Å². The van der Waals surface area contributed by atoms with Crippen LogP contribution >= 0.6 is 23.2 Å². The quantitative estimate of drug-likeness (QED) is 0.622. The molecule has 0 aliphatic rings. The van der Waals surface area contributed by atoms with Gasteiger partial charge in [0.2, 0.25) is 0 Å². The van der Waals surface area contributed by atoms with Crippen molar-refractivity contribution in [1.29, 1.82) is 0 Å². The van der Waals surface area contributed by atoms with Crippen LogP contribution in [0.2, 0.25) is 0 Å². The van der Waals surface area contributed by atoms with E-state index in [1.165, 1.54) is 0 Å². The van der Waals surface area contributed by atoms with Crippen molar-refractivity contribution in [3.63, 3.8) is 0 Å². The summed E-state index contributed by atoms with van der Waals surface area (Å²) in [6.45, 7) is 1.73. The zero-order valence-electron chi connectivity index (χ0n) is 5.47. The Labute approximate surface area is 69.3 Å². The largest absolute Gasteiger partial charge is 0.392 e. The number of carbonyl (C=O) groups excluding carboxylic acids is 1. The number of alkyl halides is 2. The fourth-order valence-electron chi connectivity index (χ4n) is 0.325. The smallest absolute Gasteiger partial charge is 0.253 e. The van der Waals surface area contributed by atoms with Crippen LogP contribution < -0.4 is 5.32 Å². The minimum atomic E-state index is -1.06. The maximum Gasteiger partial charge on any atom is 0.253 e. The van der Waals surface area contributed by atoms with Crippen molar-refractivity contribution in [3.8, 4) is 0 Å². The second-order valence-electron chi connectivity index (χ2n) is 1.89. The van der Waals surface area contributed by atoms with E-state index >= 15 is 0 Å². The van der Waals surface area contributed by atoms with Gasteiger partial charge in [-0.25, -0.2) is 0 Å². The summed E-state index contributed by atoms with van der Waals surface area (Å²) in [4.78, 5) is 9.50. The molecule has 0 aliphatic carbocycles. The summed E-state index contributed by atoms with van der Waals surface area (Å²) < 4.78 is 0. The molecule has 1 atom stereocenters. The highest BCUT2D eigenvalue weighted by Crippen LogP contribution is 1.99. The van der Waals surface area contributed by atoms with Gasteiger partial charge < -0.3 is 10.4 Å². The van der Waals surface area contributed by atoms with Crippen molar-refractivity contribution in [2.75, 3.05) is 6.54 Å². The number of hydrogen-bond donors (Lipinski definition) is 2. The van der Waals surface area contributed by atoms with Crippen molar-refractivity contribution in [2.45, 2.75) is 17.9 Å². The number of hydrogen-bond acceptors (Lipinski definition) is 2. The highest BCUT2D eigenvalue weighted by Gasteiger charge is 2.10. The normalized spacial score (nSPS) is 13.3. The van der Waals surface area contributed by atoms with Gasteiger partial charge in [-0.3, -0.25) is 4.79 Å². The highest BCUT2D eigenvalue weighted by atomic mass is 35.5. The van der Waals surface area contributed by atoms with Crippen LogP contribution in [0.25, 0.3) is 0 Å². The van der Waals surface area contributed by atoms with E-state index in [1.54, 1.807) is 6.92 Å². The Balaban J connectivity index is 3.40. The average molecular weight is 186 g/mol. The molecule has 0 aromatic rings. The summed E-state index contributed by atoms with van der Waals surface area (Å²) in [6.07, 6.45) is -0.573. The Morgan fingerprint density at radius 3 is 2.50 bits per heavy atom. The molecule has 0 aromatic carbocycles. The summed E-state index contributed by atoms with van der Waals surface area (Å²) in [7, 11) is 0. The Kier molecular flexibility index (Phi) is 4.77. The second kappa shape index (κ2) is 4.77. The first-order valence-corrected chi connectivity index (χ1v) is 3.65.